The van der Waals surface area contributed by atoms with Gasteiger partial charge in [-0.2, -0.15) is 0 Å². The zero-order chi connectivity index (χ0) is 18.0. The van der Waals surface area contributed by atoms with Gasteiger partial charge in [0.15, 0.2) is 0 Å². The number of aryl methyl sites for hydroxylation is 1. The Labute approximate surface area is 152 Å². The maximum absolute atomic E-state index is 13.9. The van der Waals surface area contributed by atoms with Gasteiger partial charge in [0.2, 0.25) is 0 Å². The van der Waals surface area contributed by atoms with Crippen molar-refractivity contribution in [1.29, 1.82) is 0 Å². The van der Waals surface area contributed by atoms with Crippen molar-refractivity contribution in [2.75, 3.05) is 0 Å². The van der Waals surface area contributed by atoms with E-state index in [1.807, 2.05) is 12.1 Å². The minimum Gasteiger partial charge on any atom is -0.347 e. The van der Waals surface area contributed by atoms with Crippen molar-refractivity contribution in [3.63, 3.8) is 0 Å². The molecular weight excluding hydrogens is 366 g/mol. The molecule has 0 fully saturated rings. The molecule has 3 aromatic rings. The smallest absolute Gasteiger partial charge is 0.263 e. The van der Waals surface area contributed by atoms with Gasteiger partial charge in [-0.05, 0) is 30.7 Å². The molecule has 0 saturated heterocycles. The first kappa shape index (κ1) is 17.5. The Balaban J connectivity index is 1.83. The zero-order valence-electron chi connectivity index (χ0n) is 13.1. The van der Waals surface area contributed by atoms with E-state index in [9.17, 15) is 13.6 Å². The van der Waals surface area contributed by atoms with Gasteiger partial charge in [-0.25, -0.2) is 13.8 Å². The van der Waals surface area contributed by atoms with Crippen LogP contribution in [0.3, 0.4) is 0 Å². The number of hydrogen-bond acceptors (Lipinski definition) is 3. The average molecular weight is 379 g/mol. The third-order valence-electron chi connectivity index (χ3n) is 3.58. The molecule has 0 bridgehead atoms. The SMILES string of the molecule is Cc1nc(-c2c(F)cccc2F)sc1C(=O)NCc1ccccc1Cl. The number of nitrogens with one attached hydrogen (secondary N) is 1. The Bertz CT molecular complexity index is 922. The molecule has 0 unspecified atom stereocenters. The second-order valence-corrected chi connectivity index (χ2v) is 6.71. The Hall–Kier alpha value is -2.31. The Kier molecular flexibility index (Phi) is 5.11. The third kappa shape index (κ3) is 3.70. The number of rotatable bonds is 4. The number of thiazole rings is 1. The van der Waals surface area contributed by atoms with Gasteiger partial charge in [0, 0.05) is 11.6 Å². The number of aromatic nitrogens is 1. The Morgan fingerprint density at radius 1 is 1.16 bits per heavy atom. The van der Waals surface area contributed by atoms with Gasteiger partial charge in [0.05, 0.1) is 11.3 Å². The minimum absolute atomic E-state index is 0.135. The fraction of sp³-hybridized carbons (Fsp3) is 0.111. The molecule has 7 heteroatoms. The van der Waals surface area contributed by atoms with E-state index >= 15 is 0 Å². The predicted octanol–water partition coefficient (Wildman–Crippen LogP) is 4.98. The van der Waals surface area contributed by atoms with Crippen molar-refractivity contribution in [3.8, 4) is 10.6 Å². The number of hydrogen-bond donors (Lipinski definition) is 1. The van der Waals surface area contributed by atoms with Gasteiger partial charge >= 0.3 is 0 Å². The molecule has 1 heterocycles. The van der Waals surface area contributed by atoms with Crippen molar-refractivity contribution < 1.29 is 13.6 Å². The van der Waals surface area contributed by atoms with Crippen LogP contribution in [0.15, 0.2) is 42.5 Å². The molecular formula is C18H13ClF2N2OS. The van der Waals surface area contributed by atoms with E-state index < -0.39 is 11.6 Å². The molecule has 3 rings (SSSR count). The van der Waals surface area contributed by atoms with Crippen molar-refractivity contribution >= 4 is 28.8 Å². The number of nitrogens with zero attached hydrogens (tertiary/aromatic N) is 1. The molecule has 0 radical (unpaired) electrons. The fourth-order valence-corrected chi connectivity index (χ4v) is 3.55. The first-order chi connectivity index (χ1) is 12.0. The second-order valence-electron chi connectivity index (χ2n) is 5.30. The molecule has 1 aromatic heterocycles. The highest BCUT2D eigenvalue weighted by molar-refractivity contribution is 7.17. The maximum Gasteiger partial charge on any atom is 0.263 e. The summed E-state index contributed by atoms with van der Waals surface area (Å²) in [7, 11) is 0. The van der Waals surface area contributed by atoms with Gasteiger partial charge in [-0.15, -0.1) is 11.3 Å². The lowest BCUT2D eigenvalue weighted by atomic mass is 10.2. The number of halogens is 3. The maximum atomic E-state index is 13.9. The summed E-state index contributed by atoms with van der Waals surface area (Å²) in [5.41, 5.74) is 0.972. The van der Waals surface area contributed by atoms with Crippen LogP contribution in [0.4, 0.5) is 8.78 Å². The van der Waals surface area contributed by atoms with Crippen molar-refractivity contribution in [2.45, 2.75) is 13.5 Å². The van der Waals surface area contributed by atoms with Crippen LogP contribution in [0.2, 0.25) is 5.02 Å². The Morgan fingerprint density at radius 3 is 2.52 bits per heavy atom. The average Bonchev–Trinajstić information content (AvgIpc) is 2.95. The van der Waals surface area contributed by atoms with Crippen LogP contribution in [0.25, 0.3) is 10.6 Å². The van der Waals surface area contributed by atoms with Gasteiger partial charge < -0.3 is 5.32 Å². The lowest BCUT2D eigenvalue weighted by Crippen LogP contribution is -2.22. The standard InChI is InChI=1S/C18H13ClF2N2OS/c1-10-16(17(24)22-9-11-5-2-3-6-12(11)19)25-18(23-10)15-13(20)7-4-8-14(15)21/h2-8H,9H2,1H3,(H,22,24). The van der Waals surface area contributed by atoms with E-state index in [-0.39, 0.29) is 23.0 Å². The van der Waals surface area contributed by atoms with Crippen LogP contribution >= 0.6 is 22.9 Å². The van der Waals surface area contributed by atoms with Crippen LogP contribution < -0.4 is 5.32 Å². The van der Waals surface area contributed by atoms with Crippen molar-refractivity contribution in [3.05, 3.63) is 75.3 Å². The summed E-state index contributed by atoms with van der Waals surface area (Å²) in [6, 6.07) is 10.8. The van der Waals surface area contributed by atoms with E-state index in [0.717, 1.165) is 29.0 Å². The van der Waals surface area contributed by atoms with Gasteiger partial charge in [0.1, 0.15) is 21.5 Å². The van der Waals surface area contributed by atoms with E-state index in [4.69, 9.17) is 11.6 Å². The summed E-state index contributed by atoms with van der Waals surface area (Å²) in [4.78, 5) is 16.9. The first-order valence-electron chi connectivity index (χ1n) is 7.41. The topological polar surface area (TPSA) is 42.0 Å². The van der Waals surface area contributed by atoms with Gasteiger partial charge in [0.25, 0.3) is 5.91 Å². The summed E-state index contributed by atoms with van der Waals surface area (Å²) in [5.74, 6) is -1.79. The molecule has 0 spiro atoms. The summed E-state index contributed by atoms with van der Waals surface area (Å²) in [5, 5.41) is 3.44. The van der Waals surface area contributed by atoms with Crippen LogP contribution in [0.5, 0.6) is 0 Å². The summed E-state index contributed by atoms with van der Waals surface area (Å²) < 4.78 is 27.8. The fourth-order valence-electron chi connectivity index (χ4n) is 2.31. The largest absolute Gasteiger partial charge is 0.347 e. The van der Waals surface area contributed by atoms with Crippen LogP contribution in [-0.4, -0.2) is 10.9 Å². The lowest BCUT2D eigenvalue weighted by Gasteiger charge is -2.06. The predicted molar refractivity (Wildman–Crippen MR) is 94.8 cm³/mol. The minimum atomic E-state index is -0.711. The summed E-state index contributed by atoms with van der Waals surface area (Å²) >= 11 is 7.01. The summed E-state index contributed by atoms with van der Waals surface area (Å²) in [6.45, 7) is 1.88. The van der Waals surface area contributed by atoms with Crippen LogP contribution in [0.1, 0.15) is 20.9 Å². The molecule has 128 valence electrons. The Morgan fingerprint density at radius 2 is 1.84 bits per heavy atom. The highest BCUT2D eigenvalue weighted by Gasteiger charge is 2.20. The van der Waals surface area contributed by atoms with Crippen molar-refractivity contribution in [2.24, 2.45) is 0 Å². The molecule has 2 aromatic carbocycles. The zero-order valence-corrected chi connectivity index (χ0v) is 14.7. The molecule has 0 aliphatic heterocycles. The monoisotopic (exact) mass is 378 g/mol. The molecule has 0 saturated carbocycles. The second kappa shape index (κ2) is 7.29. The number of amides is 1. The van der Waals surface area contributed by atoms with E-state index in [2.05, 4.69) is 10.3 Å². The molecule has 1 N–H and O–H groups in total. The first-order valence-corrected chi connectivity index (χ1v) is 8.60. The lowest BCUT2D eigenvalue weighted by molar-refractivity contribution is 0.0954. The molecule has 0 atom stereocenters. The molecule has 3 nitrogen and oxygen atoms in total. The van der Waals surface area contributed by atoms with Crippen LogP contribution in [-0.2, 0) is 6.54 Å². The quantitative estimate of drug-likeness (QED) is 0.695. The van der Waals surface area contributed by atoms with Gasteiger partial charge in [-0.1, -0.05) is 35.9 Å². The van der Waals surface area contributed by atoms with E-state index in [1.54, 1.807) is 19.1 Å². The highest BCUT2D eigenvalue weighted by Crippen LogP contribution is 2.31. The molecule has 1 amide bonds. The van der Waals surface area contributed by atoms with Gasteiger partial charge in [-0.3, -0.25) is 4.79 Å². The van der Waals surface area contributed by atoms with Crippen molar-refractivity contribution in [1.82, 2.24) is 10.3 Å². The normalized spacial score (nSPS) is 10.7. The number of carbonyl (C=O) groups excluding carboxylic acids is 1. The van der Waals surface area contributed by atoms with E-state index in [0.29, 0.717) is 15.6 Å². The number of benzene rings is 2. The van der Waals surface area contributed by atoms with Crippen LogP contribution in [0, 0.1) is 18.6 Å². The number of carbonyl (C=O) groups is 1. The highest BCUT2D eigenvalue weighted by atomic mass is 35.5. The third-order valence-corrected chi connectivity index (χ3v) is 5.12. The summed E-state index contributed by atoms with van der Waals surface area (Å²) in [6.07, 6.45) is 0. The van der Waals surface area contributed by atoms with E-state index in [1.165, 1.54) is 6.07 Å². The molecule has 0 aliphatic rings. The molecule has 0 aliphatic carbocycles. The molecule has 25 heavy (non-hydrogen) atoms.